The molecule has 21 heavy (non-hydrogen) atoms. The Labute approximate surface area is 142 Å². The van der Waals surface area contributed by atoms with Crippen LogP contribution in [-0.4, -0.2) is 12.2 Å². The summed E-state index contributed by atoms with van der Waals surface area (Å²) in [6, 6.07) is 0. The summed E-state index contributed by atoms with van der Waals surface area (Å²) in [7, 11) is -1.96. The zero-order chi connectivity index (χ0) is 15.2. The first kappa shape index (κ1) is 23.8. The van der Waals surface area contributed by atoms with Crippen LogP contribution in [0, 0.1) is 0 Å². The fourth-order valence-electron chi connectivity index (χ4n) is 2.14. The summed E-state index contributed by atoms with van der Waals surface area (Å²) in [5.41, 5.74) is 0. The van der Waals surface area contributed by atoms with E-state index in [0.29, 0.717) is 0 Å². The molecule has 5 heteroatoms. The molecule has 0 N–H and O–H groups in total. The van der Waals surface area contributed by atoms with Crippen LogP contribution in [0.3, 0.4) is 0 Å². The van der Waals surface area contributed by atoms with Crippen molar-refractivity contribution >= 4 is 8.25 Å². The van der Waals surface area contributed by atoms with E-state index < -0.39 is 8.25 Å². The van der Waals surface area contributed by atoms with E-state index in [4.69, 9.17) is 9.05 Å². The van der Waals surface area contributed by atoms with Gasteiger partial charge in [-0.05, 0) is 26.7 Å². The fraction of sp³-hybridized carbons (Fsp3) is 1.00. The van der Waals surface area contributed by atoms with Crippen molar-refractivity contribution in [1.29, 1.82) is 0 Å². The van der Waals surface area contributed by atoms with Crippen molar-refractivity contribution in [3.8, 4) is 0 Å². The van der Waals surface area contributed by atoms with Gasteiger partial charge in [-0.3, -0.25) is 0 Å². The van der Waals surface area contributed by atoms with Gasteiger partial charge in [0.1, 0.15) is 12.2 Å². The van der Waals surface area contributed by atoms with Gasteiger partial charge in [0.15, 0.2) is 0 Å². The molecule has 2 atom stereocenters. The van der Waals surface area contributed by atoms with Crippen LogP contribution >= 0.6 is 8.25 Å². The van der Waals surface area contributed by atoms with E-state index in [9.17, 15) is 4.57 Å². The molecular weight excluding hydrogens is 330 g/mol. The Kier molecular flexibility index (Phi) is 19.1. The molecule has 0 saturated carbocycles. The zero-order valence-corrected chi connectivity index (χ0v) is 16.1. The third kappa shape index (κ3) is 16.7. The molecule has 0 aromatic rings. The normalized spacial score (nSPS) is 14.4. The predicted octanol–water partition coefficient (Wildman–Crippen LogP) is 6.39. The number of hydrogen-bond acceptors (Lipinski definition) is 3. The van der Waals surface area contributed by atoms with E-state index >= 15 is 0 Å². The Morgan fingerprint density at radius 3 is 1.48 bits per heavy atom. The van der Waals surface area contributed by atoms with Gasteiger partial charge in [-0.15, -0.1) is 9.05 Å². The van der Waals surface area contributed by atoms with Crippen LogP contribution in [0.25, 0.3) is 0 Å². The van der Waals surface area contributed by atoms with Crippen LogP contribution in [0.15, 0.2) is 0 Å². The Hall–Kier alpha value is 0.514. The van der Waals surface area contributed by atoms with Crippen LogP contribution in [-0.2, 0) is 30.1 Å². The molecule has 130 valence electrons. The topological polar surface area (TPSA) is 35.5 Å². The van der Waals surface area contributed by atoms with Crippen molar-refractivity contribution in [1.82, 2.24) is 0 Å². The minimum absolute atomic E-state index is 0. The van der Waals surface area contributed by atoms with Crippen molar-refractivity contribution in [2.75, 3.05) is 0 Å². The van der Waals surface area contributed by atoms with E-state index in [-0.39, 0.29) is 28.7 Å². The first-order valence-electron chi connectivity index (χ1n) is 8.40. The molecule has 0 aromatic carbocycles. The quantitative estimate of drug-likeness (QED) is 0.203. The van der Waals surface area contributed by atoms with Crippen molar-refractivity contribution in [3.05, 3.63) is 0 Å². The van der Waals surface area contributed by atoms with Gasteiger partial charge >= 0.3 is 8.25 Å². The molecule has 0 bridgehead atoms. The van der Waals surface area contributed by atoms with E-state index in [1.807, 2.05) is 13.8 Å². The summed E-state index contributed by atoms with van der Waals surface area (Å²) in [4.78, 5) is 0. The van der Waals surface area contributed by atoms with Gasteiger partial charge in [0, 0.05) is 21.1 Å². The second-order valence-electron chi connectivity index (χ2n) is 5.75. The Balaban J connectivity index is 0. The second-order valence-corrected chi connectivity index (χ2v) is 6.62. The van der Waals surface area contributed by atoms with Crippen molar-refractivity contribution in [2.45, 2.75) is 104 Å². The smallest absolute Gasteiger partial charge is 0.116 e. The zero-order valence-electron chi connectivity index (χ0n) is 14.2. The van der Waals surface area contributed by atoms with E-state index in [0.717, 1.165) is 25.7 Å². The van der Waals surface area contributed by atoms with Gasteiger partial charge in [-0.2, -0.15) is 0 Å². The average Bonchev–Trinajstić information content (AvgIpc) is 2.39. The number of hydrogen-bond donors (Lipinski definition) is 0. The minimum atomic E-state index is -1.96. The molecular formula is C16H34NiO3P+. The van der Waals surface area contributed by atoms with Crippen LogP contribution in [0.2, 0.25) is 0 Å². The summed E-state index contributed by atoms with van der Waals surface area (Å²) in [5.74, 6) is 0. The van der Waals surface area contributed by atoms with Crippen molar-refractivity contribution in [3.63, 3.8) is 0 Å². The summed E-state index contributed by atoms with van der Waals surface area (Å²) in [6.45, 7) is 8.36. The summed E-state index contributed by atoms with van der Waals surface area (Å²) < 4.78 is 22.6. The first-order chi connectivity index (χ1) is 9.60. The molecule has 0 aliphatic carbocycles. The molecule has 0 rings (SSSR count). The molecule has 3 nitrogen and oxygen atoms in total. The van der Waals surface area contributed by atoms with Crippen LogP contribution < -0.4 is 0 Å². The monoisotopic (exact) mass is 363 g/mol. The largest absolute Gasteiger partial charge is 0.697 e. The van der Waals surface area contributed by atoms with E-state index in [1.165, 1.54) is 38.5 Å². The molecule has 0 spiro atoms. The predicted molar refractivity (Wildman–Crippen MR) is 86.2 cm³/mol. The summed E-state index contributed by atoms with van der Waals surface area (Å²) in [5, 5.41) is 0. The van der Waals surface area contributed by atoms with Crippen LogP contribution in [0.5, 0.6) is 0 Å². The SMILES string of the molecule is CCCCCCC(C)O[P+](=O)OC(C)CCCCCC.[Ni]. The Bertz CT molecular complexity index is 218. The molecule has 0 aromatic heterocycles. The number of unbranched alkanes of at least 4 members (excludes halogenated alkanes) is 6. The first-order valence-corrected chi connectivity index (χ1v) is 9.50. The minimum Gasteiger partial charge on any atom is -0.116 e. The molecule has 0 amide bonds. The molecule has 0 radical (unpaired) electrons. The molecule has 0 aliphatic heterocycles. The summed E-state index contributed by atoms with van der Waals surface area (Å²) in [6.07, 6.45) is 11.8. The van der Waals surface area contributed by atoms with Gasteiger partial charge in [-0.25, -0.2) is 0 Å². The molecule has 0 aliphatic rings. The van der Waals surface area contributed by atoms with Gasteiger partial charge in [0.05, 0.1) is 0 Å². The Morgan fingerprint density at radius 2 is 1.14 bits per heavy atom. The molecule has 2 unspecified atom stereocenters. The van der Waals surface area contributed by atoms with Crippen molar-refractivity contribution in [2.24, 2.45) is 0 Å². The van der Waals surface area contributed by atoms with Gasteiger partial charge in [0.25, 0.3) is 0 Å². The maximum Gasteiger partial charge on any atom is 0.697 e. The maximum atomic E-state index is 11.7. The molecule has 0 fully saturated rings. The average molecular weight is 364 g/mol. The van der Waals surface area contributed by atoms with Crippen molar-refractivity contribution < 1.29 is 30.1 Å². The maximum absolute atomic E-state index is 11.7. The van der Waals surface area contributed by atoms with Gasteiger partial charge in [0.2, 0.25) is 0 Å². The van der Waals surface area contributed by atoms with Crippen LogP contribution in [0.1, 0.15) is 91.9 Å². The molecule has 0 heterocycles. The van der Waals surface area contributed by atoms with Gasteiger partial charge < -0.3 is 0 Å². The van der Waals surface area contributed by atoms with E-state index in [2.05, 4.69) is 13.8 Å². The third-order valence-electron chi connectivity index (χ3n) is 3.46. The van der Waals surface area contributed by atoms with E-state index in [1.54, 1.807) is 0 Å². The standard InChI is InChI=1S/C16H34O3P.Ni/c1-5-7-9-11-13-15(3)18-20(17)19-16(4)14-12-10-8-6-2;/h15-16H,5-14H2,1-4H3;/q+1;. The molecule has 0 saturated heterocycles. The second kappa shape index (κ2) is 16.9. The third-order valence-corrected chi connectivity index (χ3v) is 4.52. The fourth-order valence-corrected chi connectivity index (χ4v) is 2.99. The number of rotatable bonds is 14. The van der Waals surface area contributed by atoms with Gasteiger partial charge in [-0.1, -0.05) is 65.2 Å². The summed E-state index contributed by atoms with van der Waals surface area (Å²) >= 11 is 0. The van der Waals surface area contributed by atoms with Crippen LogP contribution in [0.4, 0.5) is 0 Å². The Morgan fingerprint density at radius 1 is 0.762 bits per heavy atom.